The molecule has 0 unspecified atom stereocenters. The lowest BCUT2D eigenvalue weighted by atomic mass is 10.1. The smallest absolute Gasteiger partial charge is 0.202 e. The van der Waals surface area contributed by atoms with Gasteiger partial charge < -0.3 is 9.15 Å². The Hall–Kier alpha value is -2.62. The summed E-state index contributed by atoms with van der Waals surface area (Å²) in [5.74, 6) is 0.735. The van der Waals surface area contributed by atoms with E-state index < -0.39 is 0 Å². The fourth-order valence-electron chi connectivity index (χ4n) is 2.37. The van der Waals surface area contributed by atoms with E-state index in [1.165, 1.54) is 6.26 Å². The van der Waals surface area contributed by atoms with Crippen LogP contribution in [0.1, 0.15) is 12.5 Å². The van der Waals surface area contributed by atoms with Gasteiger partial charge in [0.2, 0.25) is 5.43 Å². The molecule has 106 valence electrons. The van der Waals surface area contributed by atoms with Crippen LogP contribution in [0.15, 0.2) is 52.0 Å². The van der Waals surface area contributed by atoms with Crippen molar-refractivity contribution >= 4 is 11.0 Å². The molecule has 2 aromatic heterocycles. The van der Waals surface area contributed by atoms with Crippen molar-refractivity contribution in [3.05, 3.63) is 58.6 Å². The van der Waals surface area contributed by atoms with E-state index in [4.69, 9.17) is 9.15 Å². The number of hydrogen-bond acceptors (Lipinski definition) is 4. The second-order valence-electron chi connectivity index (χ2n) is 4.71. The fraction of sp³-hybridized carbons (Fsp3) is 0.176. The maximum Gasteiger partial charge on any atom is 0.202 e. The maximum atomic E-state index is 12.7. The lowest BCUT2D eigenvalue weighted by Crippen LogP contribution is -2.06. The Morgan fingerprint density at radius 3 is 2.81 bits per heavy atom. The molecular weight excluding hydrogens is 266 g/mol. The fourth-order valence-corrected chi connectivity index (χ4v) is 2.37. The zero-order valence-electron chi connectivity index (χ0n) is 11.9. The minimum Gasteiger partial charge on any atom is -0.496 e. The average Bonchev–Trinajstić information content (AvgIpc) is 2.55. The van der Waals surface area contributed by atoms with Crippen molar-refractivity contribution in [3.63, 3.8) is 0 Å². The van der Waals surface area contributed by atoms with E-state index in [0.29, 0.717) is 22.2 Å². The molecule has 0 aliphatic heterocycles. The molecule has 4 nitrogen and oxygen atoms in total. The Morgan fingerprint density at radius 2 is 2.14 bits per heavy atom. The van der Waals surface area contributed by atoms with Crippen molar-refractivity contribution in [1.29, 1.82) is 0 Å². The number of methoxy groups -OCH3 is 1. The number of aryl methyl sites for hydroxylation is 1. The summed E-state index contributed by atoms with van der Waals surface area (Å²) in [6.45, 7) is 2.02. The van der Waals surface area contributed by atoms with Crippen LogP contribution in [0.2, 0.25) is 0 Å². The maximum absolute atomic E-state index is 12.7. The molecule has 0 atom stereocenters. The topological polar surface area (TPSA) is 52.3 Å². The largest absolute Gasteiger partial charge is 0.496 e. The van der Waals surface area contributed by atoms with Crippen LogP contribution < -0.4 is 10.2 Å². The van der Waals surface area contributed by atoms with Crippen LogP contribution in [0.25, 0.3) is 22.2 Å². The highest BCUT2D eigenvalue weighted by atomic mass is 16.5. The summed E-state index contributed by atoms with van der Waals surface area (Å²) in [6.07, 6.45) is 3.90. The van der Waals surface area contributed by atoms with Gasteiger partial charge in [-0.15, -0.1) is 0 Å². The molecule has 0 spiro atoms. The number of pyridine rings is 1. The van der Waals surface area contributed by atoms with Gasteiger partial charge in [0, 0.05) is 12.3 Å². The van der Waals surface area contributed by atoms with Gasteiger partial charge >= 0.3 is 0 Å². The van der Waals surface area contributed by atoms with E-state index in [1.807, 2.05) is 25.1 Å². The highest BCUT2D eigenvalue weighted by Crippen LogP contribution is 2.26. The second kappa shape index (κ2) is 5.40. The quantitative estimate of drug-likeness (QED) is 0.738. The summed E-state index contributed by atoms with van der Waals surface area (Å²) in [4.78, 5) is 16.9. The molecule has 2 heterocycles. The van der Waals surface area contributed by atoms with E-state index in [0.717, 1.165) is 17.7 Å². The van der Waals surface area contributed by atoms with Gasteiger partial charge in [-0.2, -0.15) is 0 Å². The normalized spacial score (nSPS) is 10.8. The lowest BCUT2D eigenvalue weighted by Gasteiger charge is -2.08. The molecule has 0 fully saturated rings. The first-order valence-corrected chi connectivity index (χ1v) is 6.78. The Bertz CT molecular complexity index is 838. The Labute approximate surface area is 122 Å². The molecule has 0 saturated heterocycles. The summed E-state index contributed by atoms with van der Waals surface area (Å²) in [5.41, 5.74) is 2.51. The zero-order valence-corrected chi connectivity index (χ0v) is 11.9. The van der Waals surface area contributed by atoms with Crippen molar-refractivity contribution in [2.75, 3.05) is 7.11 Å². The van der Waals surface area contributed by atoms with Crippen LogP contribution in [0.4, 0.5) is 0 Å². The highest BCUT2D eigenvalue weighted by molar-refractivity contribution is 5.83. The van der Waals surface area contributed by atoms with Crippen molar-refractivity contribution in [2.24, 2.45) is 0 Å². The molecule has 1 aromatic carbocycles. The predicted molar refractivity (Wildman–Crippen MR) is 81.6 cm³/mol. The van der Waals surface area contributed by atoms with Gasteiger partial charge in [0.1, 0.15) is 17.6 Å². The van der Waals surface area contributed by atoms with Gasteiger partial charge in [0.15, 0.2) is 0 Å². The van der Waals surface area contributed by atoms with Crippen LogP contribution in [0, 0.1) is 0 Å². The summed E-state index contributed by atoms with van der Waals surface area (Å²) >= 11 is 0. The molecule has 0 bridgehead atoms. The highest BCUT2D eigenvalue weighted by Gasteiger charge is 2.13. The molecule has 0 saturated carbocycles. The van der Waals surface area contributed by atoms with Gasteiger partial charge in [0.25, 0.3) is 0 Å². The van der Waals surface area contributed by atoms with E-state index in [2.05, 4.69) is 4.98 Å². The zero-order chi connectivity index (χ0) is 14.8. The third kappa shape index (κ3) is 2.29. The Kier molecular flexibility index (Phi) is 3.44. The SMILES string of the molecule is CCc1cc2c(=O)c(-c3ccccn3)coc2cc1OC. The van der Waals surface area contributed by atoms with Crippen LogP contribution >= 0.6 is 0 Å². The monoisotopic (exact) mass is 281 g/mol. The summed E-state index contributed by atoms with van der Waals surface area (Å²) < 4.78 is 10.9. The van der Waals surface area contributed by atoms with Gasteiger partial charge in [0.05, 0.1) is 23.8 Å². The first-order valence-electron chi connectivity index (χ1n) is 6.78. The van der Waals surface area contributed by atoms with Gasteiger partial charge in [-0.3, -0.25) is 9.78 Å². The van der Waals surface area contributed by atoms with E-state index in [-0.39, 0.29) is 5.43 Å². The Balaban J connectivity index is 2.28. The third-order valence-electron chi connectivity index (χ3n) is 3.50. The molecule has 4 heteroatoms. The molecule has 0 amide bonds. The standard InChI is InChI=1S/C17H15NO3/c1-3-11-8-12-16(9-15(11)20-2)21-10-13(17(12)19)14-6-4-5-7-18-14/h4-10H,3H2,1-2H3. The molecule has 0 aliphatic rings. The van der Waals surface area contributed by atoms with E-state index in [9.17, 15) is 4.79 Å². The van der Waals surface area contributed by atoms with Crippen LogP contribution in [0.3, 0.4) is 0 Å². The average molecular weight is 281 g/mol. The first-order chi connectivity index (χ1) is 10.2. The second-order valence-corrected chi connectivity index (χ2v) is 4.71. The van der Waals surface area contributed by atoms with Crippen molar-refractivity contribution in [1.82, 2.24) is 4.98 Å². The lowest BCUT2D eigenvalue weighted by molar-refractivity contribution is 0.409. The van der Waals surface area contributed by atoms with Crippen molar-refractivity contribution < 1.29 is 9.15 Å². The molecule has 3 aromatic rings. The van der Waals surface area contributed by atoms with E-state index in [1.54, 1.807) is 25.4 Å². The minimum atomic E-state index is -0.0766. The molecular formula is C17H15NO3. The molecule has 0 radical (unpaired) electrons. The van der Waals surface area contributed by atoms with Crippen LogP contribution in [0.5, 0.6) is 5.75 Å². The first kappa shape index (κ1) is 13.4. The number of fused-ring (bicyclic) bond motifs is 1. The summed E-state index contributed by atoms with van der Waals surface area (Å²) in [7, 11) is 1.61. The van der Waals surface area contributed by atoms with E-state index >= 15 is 0 Å². The number of rotatable bonds is 3. The van der Waals surface area contributed by atoms with Crippen LogP contribution in [-0.4, -0.2) is 12.1 Å². The number of benzene rings is 1. The molecule has 21 heavy (non-hydrogen) atoms. The van der Waals surface area contributed by atoms with Crippen molar-refractivity contribution in [2.45, 2.75) is 13.3 Å². The minimum absolute atomic E-state index is 0.0766. The predicted octanol–water partition coefficient (Wildman–Crippen LogP) is 3.43. The summed E-state index contributed by atoms with van der Waals surface area (Å²) in [5, 5.41) is 0.552. The molecule has 0 aliphatic carbocycles. The van der Waals surface area contributed by atoms with Gasteiger partial charge in [-0.1, -0.05) is 13.0 Å². The summed E-state index contributed by atoms with van der Waals surface area (Å²) in [6, 6.07) is 9.05. The molecule has 3 rings (SSSR count). The Morgan fingerprint density at radius 1 is 1.29 bits per heavy atom. The number of ether oxygens (including phenoxy) is 1. The van der Waals surface area contributed by atoms with Gasteiger partial charge in [-0.25, -0.2) is 0 Å². The third-order valence-corrected chi connectivity index (χ3v) is 3.50. The van der Waals surface area contributed by atoms with Gasteiger partial charge in [-0.05, 0) is 30.2 Å². The van der Waals surface area contributed by atoms with Crippen molar-refractivity contribution in [3.8, 4) is 17.0 Å². The molecule has 0 N–H and O–H groups in total. The number of nitrogens with zero attached hydrogens (tertiary/aromatic N) is 1. The number of aromatic nitrogens is 1. The van der Waals surface area contributed by atoms with Crippen LogP contribution in [-0.2, 0) is 6.42 Å². The number of hydrogen-bond donors (Lipinski definition) is 0.